The maximum absolute atomic E-state index is 11.4. The predicted molar refractivity (Wildman–Crippen MR) is 68.2 cm³/mol. The van der Waals surface area contributed by atoms with Gasteiger partial charge in [-0.3, -0.25) is 4.79 Å². The number of amides is 1. The van der Waals surface area contributed by atoms with Crippen LogP contribution in [0.1, 0.15) is 25.0 Å². The lowest BCUT2D eigenvalue weighted by atomic mass is 9.85. The second-order valence-electron chi connectivity index (χ2n) is 5.05. The molecule has 98 valence electrons. The summed E-state index contributed by atoms with van der Waals surface area (Å²) >= 11 is 0. The standard InChI is InChI=1S/C13H15N5O/c14-7-11-13(16-5-4-15-11)18-6-3-10-9(8-18)1-2-12(19)17-10/h4-5,9-10H,1-3,6,8H2,(H,17,19). The lowest BCUT2D eigenvalue weighted by molar-refractivity contribution is -0.124. The molecule has 0 aromatic carbocycles. The van der Waals surface area contributed by atoms with Gasteiger partial charge in [0.15, 0.2) is 11.5 Å². The summed E-state index contributed by atoms with van der Waals surface area (Å²) in [6.07, 6.45) is 5.56. The summed E-state index contributed by atoms with van der Waals surface area (Å²) in [4.78, 5) is 21.8. The van der Waals surface area contributed by atoms with Crippen LogP contribution in [0.15, 0.2) is 12.4 Å². The zero-order valence-electron chi connectivity index (χ0n) is 10.5. The van der Waals surface area contributed by atoms with Crippen molar-refractivity contribution >= 4 is 11.7 Å². The molecular formula is C13H15N5O. The second-order valence-corrected chi connectivity index (χ2v) is 5.05. The topological polar surface area (TPSA) is 81.9 Å². The van der Waals surface area contributed by atoms with E-state index in [2.05, 4.69) is 26.3 Å². The molecule has 1 aromatic heterocycles. The molecule has 1 amide bonds. The molecule has 6 heteroatoms. The number of anilines is 1. The van der Waals surface area contributed by atoms with Gasteiger partial charge in [-0.2, -0.15) is 5.26 Å². The molecule has 19 heavy (non-hydrogen) atoms. The van der Waals surface area contributed by atoms with Gasteiger partial charge in [0.1, 0.15) is 6.07 Å². The summed E-state index contributed by atoms with van der Waals surface area (Å²) in [5.41, 5.74) is 0.376. The van der Waals surface area contributed by atoms with Crippen LogP contribution in [0.2, 0.25) is 0 Å². The first-order valence-electron chi connectivity index (χ1n) is 6.53. The Morgan fingerprint density at radius 3 is 3.05 bits per heavy atom. The van der Waals surface area contributed by atoms with Gasteiger partial charge in [-0.25, -0.2) is 9.97 Å². The Balaban J connectivity index is 1.78. The Bertz CT molecular complexity index is 538. The largest absolute Gasteiger partial charge is 0.354 e. The Kier molecular flexibility index (Phi) is 3.03. The molecule has 0 spiro atoms. The Morgan fingerprint density at radius 2 is 2.21 bits per heavy atom. The molecule has 2 atom stereocenters. The van der Waals surface area contributed by atoms with Crippen LogP contribution in [0.4, 0.5) is 5.82 Å². The number of carbonyl (C=O) groups excluding carboxylic acids is 1. The molecule has 0 radical (unpaired) electrons. The van der Waals surface area contributed by atoms with E-state index in [0.717, 1.165) is 25.9 Å². The van der Waals surface area contributed by atoms with Crippen molar-refractivity contribution in [3.8, 4) is 6.07 Å². The van der Waals surface area contributed by atoms with Gasteiger partial charge in [-0.1, -0.05) is 0 Å². The van der Waals surface area contributed by atoms with Crippen LogP contribution in [0.5, 0.6) is 0 Å². The van der Waals surface area contributed by atoms with E-state index in [4.69, 9.17) is 5.26 Å². The SMILES string of the molecule is N#Cc1nccnc1N1CCC2NC(=O)CCC2C1. The normalized spacial score (nSPS) is 26.3. The fraction of sp³-hybridized carbons (Fsp3) is 0.538. The zero-order valence-corrected chi connectivity index (χ0v) is 10.5. The third-order valence-electron chi connectivity index (χ3n) is 3.91. The molecule has 0 aliphatic carbocycles. The highest BCUT2D eigenvalue weighted by atomic mass is 16.1. The number of piperidine rings is 2. The van der Waals surface area contributed by atoms with Crippen LogP contribution >= 0.6 is 0 Å². The van der Waals surface area contributed by atoms with E-state index in [-0.39, 0.29) is 11.9 Å². The van der Waals surface area contributed by atoms with E-state index in [1.807, 2.05) is 0 Å². The van der Waals surface area contributed by atoms with Crippen LogP contribution in [0.25, 0.3) is 0 Å². The minimum absolute atomic E-state index is 0.159. The van der Waals surface area contributed by atoms with Gasteiger partial charge in [-0.05, 0) is 18.8 Å². The number of nitriles is 1. The van der Waals surface area contributed by atoms with Crippen molar-refractivity contribution in [2.75, 3.05) is 18.0 Å². The fourth-order valence-corrected chi connectivity index (χ4v) is 2.94. The van der Waals surface area contributed by atoms with Gasteiger partial charge in [0.05, 0.1) is 0 Å². The van der Waals surface area contributed by atoms with Crippen LogP contribution in [-0.2, 0) is 4.79 Å². The molecule has 2 aliphatic rings. The highest BCUT2D eigenvalue weighted by Crippen LogP contribution is 2.28. The van der Waals surface area contributed by atoms with Crippen molar-refractivity contribution in [3.05, 3.63) is 18.1 Å². The van der Waals surface area contributed by atoms with Crippen LogP contribution < -0.4 is 10.2 Å². The lowest BCUT2D eigenvalue weighted by Crippen LogP contribution is -2.54. The maximum Gasteiger partial charge on any atom is 0.220 e. The van der Waals surface area contributed by atoms with Gasteiger partial charge < -0.3 is 10.2 Å². The van der Waals surface area contributed by atoms with E-state index in [0.29, 0.717) is 23.9 Å². The number of carbonyl (C=O) groups is 1. The number of nitrogens with one attached hydrogen (secondary N) is 1. The molecule has 1 N–H and O–H groups in total. The number of nitrogens with zero attached hydrogens (tertiary/aromatic N) is 4. The Morgan fingerprint density at radius 1 is 1.37 bits per heavy atom. The third kappa shape index (κ3) is 2.24. The monoisotopic (exact) mass is 257 g/mol. The van der Waals surface area contributed by atoms with Crippen LogP contribution in [0.3, 0.4) is 0 Å². The summed E-state index contributed by atoms with van der Waals surface area (Å²) in [5.74, 6) is 1.27. The van der Waals surface area contributed by atoms with E-state index in [1.54, 1.807) is 6.20 Å². The molecule has 1 aromatic rings. The summed E-state index contributed by atoms with van der Waals surface area (Å²) in [7, 11) is 0. The average Bonchev–Trinajstić information content (AvgIpc) is 2.46. The maximum atomic E-state index is 11.4. The number of hydrogen-bond acceptors (Lipinski definition) is 5. The van der Waals surface area contributed by atoms with Crippen molar-refractivity contribution in [3.63, 3.8) is 0 Å². The molecule has 3 rings (SSSR count). The van der Waals surface area contributed by atoms with E-state index >= 15 is 0 Å². The summed E-state index contributed by atoms with van der Waals surface area (Å²) in [6.45, 7) is 1.63. The quantitative estimate of drug-likeness (QED) is 0.790. The smallest absolute Gasteiger partial charge is 0.220 e. The summed E-state index contributed by atoms with van der Waals surface area (Å²) < 4.78 is 0. The number of rotatable bonds is 1. The van der Waals surface area contributed by atoms with Crippen molar-refractivity contribution in [2.45, 2.75) is 25.3 Å². The Hall–Kier alpha value is -2.16. The molecule has 2 unspecified atom stereocenters. The third-order valence-corrected chi connectivity index (χ3v) is 3.91. The van der Waals surface area contributed by atoms with Crippen molar-refractivity contribution < 1.29 is 4.79 Å². The highest BCUT2D eigenvalue weighted by Gasteiger charge is 2.34. The minimum atomic E-state index is 0.159. The highest BCUT2D eigenvalue weighted by molar-refractivity contribution is 5.77. The molecule has 0 bridgehead atoms. The van der Waals surface area contributed by atoms with Gasteiger partial charge in [-0.15, -0.1) is 0 Å². The average molecular weight is 257 g/mol. The second kappa shape index (κ2) is 4.84. The van der Waals surface area contributed by atoms with Crippen LogP contribution in [0, 0.1) is 17.2 Å². The first kappa shape index (κ1) is 11.9. The molecule has 0 saturated carbocycles. The van der Waals surface area contributed by atoms with Crippen molar-refractivity contribution in [1.29, 1.82) is 5.26 Å². The van der Waals surface area contributed by atoms with Crippen LogP contribution in [-0.4, -0.2) is 35.0 Å². The zero-order chi connectivity index (χ0) is 13.2. The molecule has 2 aliphatic heterocycles. The fourth-order valence-electron chi connectivity index (χ4n) is 2.94. The molecular weight excluding hydrogens is 242 g/mol. The first-order chi connectivity index (χ1) is 9.28. The molecule has 2 fully saturated rings. The van der Waals surface area contributed by atoms with Gasteiger partial charge in [0, 0.05) is 37.9 Å². The van der Waals surface area contributed by atoms with Crippen molar-refractivity contribution in [1.82, 2.24) is 15.3 Å². The van der Waals surface area contributed by atoms with E-state index < -0.39 is 0 Å². The number of aromatic nitrogens is 2. The lowest BCUT2D eigenvalue weighted by Gasteiger charge is -2.41. The summed E-state index contributed by atoms with van der Waals surface area (Å²) in [5, 5.41) is 12.1. The molecule has 3 heterocycles. The van der Waals surface area contributed by atoms with Gasteiger partial charge >= 0.3 is 0 Å². The summed E-state index contributed by atoms with van der Waals surface area (Å²) in [6, 6.07) is 2.36. The number of hydrogen-bond donors (Lipinski definition) is 1. The number of fused-ring (bicyclic) bond motifs is 1. The first-order valence-corrected chi connectivity index (χ1v) is 6.53. The van der Waals surface area contributed by atoms with Gasteiger partial charge in [0.25, 0.3) is 0 Å². The molecule has 6 nitrogen and oxygen atoms in total. The predicted octanol–water partition coefficient (Wildman–Crippen LogP) is 0.453. The molecule has 2 saturated heterocycles. The van der Waals surface area contributed by atoms with Gasteiger partial charge in [0.2, 0.25) is 5.91 Å². The van der Waals surface area contributed by atoms with E-state index in [9.17, 15) is 4.79 Å². The van der Waals surface area contributed by atoms with E-state index in [1.165, 1.54) is 6.20 Å². The van der Waals surface area contributed by atoms with Crippen molar-refractivity contribution in [2.24, 2.45) is 5.92 Å². The minimum Gasteiger partial charge on any atom is -0.354 e. The Labute approximate surface area is 111 Å².